The molecular formula is C16H25ClN2OS. The topological polar surface area (TPSA) is 35.5 Å². The van der Waals surface area contributed by atoms with Crippen LogP contribution in [0.5, 0.6) is 0 Å². The van der Waals surface area contributed by atoms with Crippen LogP contribution in [0.15, 0.2) is 23.1 Å². The Labute approximate surface area is 137 Å². The van der Waals surface area contributed by atoms with Crippen molar-refractivity contribution in [3.05, 3.63) is 28.8 Å². The number of nitrogens with zero attached hydrogens (tertiary/aromatic N) is 1. The molecule has 1 aliphatic heterocycles. The Bertz CT molecular complexity index is 450. The summed E-state index contributed by atoms with van der Waals surface area (Å²) >= 11 is 7.89. The first-order chi connectivity index (χ1) is 10.1. The minimum absolute atomic E-state index is 0.445. The third kappa shape index (κ3) is 5.46. The maximum atomic E-state index is 10.6. The van der Waals surface area contributed by atoms with Crippen LogP contribution in [-0.4, -0.2) is 48.0 Å². The highest BCUT2D eigenvalue weighted by molar-refractivity contribution is 8.00. The molecule has 1 heterocycles. The van der Waals surface area contributed by atoms with Gasteiger partial charge in [0.05, 0.1) is 6.10 Å². The van der Waals surface area contributed by atoms with Crippen LogP contribution in [0.4, 0.5) is 0 Å². The van der Waals surface area contributed by atoms with Gasteiger partial charge in [0.25, 0.3) is 0 Å². The van der Waals surface area contributed by atoms with E-state index in [1.54, 1.807) is 11.8 Å². The van der Waals surface area contributed by atoms with Gasteiger partial charge in [-0.15, -0.1) is 11.8 Å². The molecule has 0 aliphatic carbocycles. The Balaban J connectivity index is 1.99. The number of rotatable bonds is 6. The number of hydrogen-bond acceptors (Lipinski definition) is 4. The second-order valence-electron chi connectivity index (χ2n) is 5.74. The molecule has 3 nitrogen and oxygen atoms in total. The van der Waals surface area contributed by atoms with Crippen molar-refractivity contribution in [2.45, 2.75) is 36.5 Å². The predicted octanol–water partition coefficient (Wildman–Crippen LogP) is 3.17. The van der Waals surface area contributed by atoms with E-state index in [2.05, 4.69) is 24.1 Å². The lowest BCUT2D eigenvalue weighted by atomic mass is 10.1. The Morgan fingerprint density at radius 2 is 2.05 bits per heavy atom. The van der Waals surface area contributed by atoms with Crippen LogP contribution in [0.2, 0.25) is 5.02 Å². The molecule has 118 valence electrons. The van der Waals surface area contributed by atoms with Gasteiger partial charge in [-0.2, -0.15) is 0 Å². The van der Waals surface area contributed by atoms with Crippen molar-refractivity contribution in [3.8, 4) is 0 Å². The van der Waals surface area contributed by atoms with E-state index in [0.717, 1.165) is 49.6 Å². The molecule has 1 atom stereocenters. The lowest BCUT2D eigenvalue weighted by molar-refractivity contribution is 0.134. The summed E-state index contributed by atoms with van der Waals surface area (Å²) in [4.78, 5) is 3.54. The van der Waals surface area contributed by atoms with Gasteiger partial charge >= 0.3 is 0 Å². The van der Waals surface area contributed by atoms with Crippen molar-refractivity contribution in [3.63, 3.8) is 0 Å². The molecule has 1 aromatic carbocycles. The van der Waals surface area contributed by atoms with Crippen molar-refractivity contribution in [1.29, 1.82) is 0 Å². The zero-order valence-corrected chi connectivity index (χ0v) is 14.4. The molecule has 2 N–H and O–H groups in total. The van der Waals surface area contributed by atoms with Crippen LogP contribution in [0, 0.1) is 0 Å². The molecule has 0 aromatic heterocycles. The Morgan fingerprint density at radius 3 is 2.71 bits per heavy atom. The normalized spacial score (nSPS) is 18.1. The predicted molar refractivity (Wildman–Crippen MR) is 91.3 cm³/mol. The Kier molecular flexibility index (Phi) is 6.83. The number of nitrogens with one attached hydrogen (secondary N) is 1. The van der Waals surface area contributed by atoms with E-state index in [9.17, 15) is 5.11 Å². The van der Waals surface area contributed by atoms with Gasteiger partial charge in [0, 0.05) is 47.9 Å². The summed E-state index contributed by atoms with van der Waals surface area (Å²) < 4.78 is 0. The molecule has 1 fully saturated rings. The molecule has 0 saturated carbocycles. The number of hydrogen-bond donors (Lipinski definition) is 2. The summed E-state index contributed by atoms with van der Waals surface area (Å²) in [6.45, 7) is 9.47. The highest BCUT2D eigenvalue weighted by Crippen LogP contribution is 2.33. The molecule has 0 amide bonds. The Morgan fingerprint density at radius 1 is 1.33 bits per heavy atom. The van der Waals surface area contributed by atoms with Gasteiger partial charge in [-0.25, -0.2) is 0 Å². The summed E-state index contributed by atoms with van der Waals surface area (Å²) in [5.41, 5.74) is 0.969. The van der Waals surface area contributed by atoms with Crippen molar-refractivity contribution in [2.24, 2.45) is 0 Å². The van der Waals surface area contributed by atoms with Crippen LogP contribution >= 0.6 is 23.4 Å². The summed E-state index contributed by atoms with van der Waals surface area (Å²) in [6.07, 6.45) is 0.311. The fraction of sp³-hybridized carbons (Fsp3) is 0.625. The smallest absolute Gasteiger partial charge is 0.0813 e. The van der Waals surface area contributed by atoms with Gasteiger partial charge in [-0.05, 0) is 30.2 Å². The van der Waals surface area contributed by atoms with Crippen LogP contribution in [0.1, 0.15) is 31.9 Å². The zero-order chi connectivity index (χ0) is 15.2. The maximum Gasteiger partial charge on any atom is 0.0813 e. The molecule has 1 aliphatic rings. The first kappa shape index (κ1) is 17.1. The second-order valence-corrected chi connectivity index (χ2v) is 7.80. The van der Waals surface area contributed by atoms with E-state index >= 15 is 0 Å². The number of benzene rings is 1. The third-order valence-electron chi connectivity index (χ3n) is 3.62. The molecule has 0 spiro atoms. The molecule has 1 aromatic rings. The largest absolute Gasteiger partial charge is 0.388 e. The summed E-state index contributed by atoms with van der Waals surface area (Å²) in [6, 6.07) is 5.84. The monoisotopic (exact) mass is 328 g/mol. The van der Waals surface area contributed by atoms with E-state index in [-0.39, 0.29) is 0 Å². The van der Waals surface area contributed by atoms with Gasteiger partial charge < -0.3 is 15.3 Å². The third-order valence-corrected chi connectivity index (χ3v) is 4.95. The van der Waals surface area contributed by atoms with Crippen LogP contribution in [-0.2, 0) is 0 Å². The summed E-state index contributed by atoms with van der Waals surface area (Å²) in [5, 5.41) is 15.1. The second kappa shape index (κ2) is 8.39. The SMILES string of the molecule is CC(C)Sc1ccc(Cl)cc1C(O)CCN1CCNCC1. The van der Waals surface area contributed by atoms with E-state index in [1.807, 2.05) is 18.2 Å². The first-order valence-corrected chi connectivity index (χ1v) is 8.89. The van der Waals surface area contributed by atoms with Crippen molar-refractivity contribution in [2.75, 3.05) is 32.7 Å². The fourth-order valence-corrected chi connectivity index (χ4v) is 3.70. The van der Waals surface area contributed by atoms with Gasteiger partial charge in [-0.3, -0.25) is 0 Å². The van der Waals surface area contributed by atoms with Crippen molar-refractivity contribution >= 4 is 23.4 Å². The molecule has 0 bridgehead atoms. The Hall–Kier alpha value is -0.260. The standard InChI is InChI=1S/C16H25ClN2OS/c1-12(2)21-16-4-3-13(17)11-14(16)15(20)5-8-19-9-6-18-7-10-19/h3-4,11-12,15,18,20H,5-10H2,1-2H3. The average molecular weight is 329 g/mol. The van der Waals surface area contributed by atoms with E-state index in [1.165, 1.54) is 0 Å². The van der Waals surface area contributed by atoms with E-state index < -0.39 is 6.10 Å². The van der Waals surface area contributed by atoms with Crippen LogP contribution in [0.25, 0.3) is 0 Å². The minimum atomic E-state index is -0.445. The molecule has 5 heteroatoms. The van der Waals surface area contributed by atoms with Gasteiger partial charge in [-0.1, -0.05) is 25.4 Å². The molecule has 1 unspecified atom stereocenters. The highest BCUT2D eigenvalue weighted by atomic mass is 35.5. The lowest BCUT2D eigenvalue weighted by Gasteiger charge is -2.28. The van der Waals surface area contributed by atoms with Gasteiger partial charge in [0.1, 0.15) is 0 Å². The molecular weight excluding hydrogens is 304 g/mol. The fourth-order valence-electron chi connectivity index (χ4n) is 2.54. The summed E-state index contributed by atoms with van der Waals surface area (Å²) in [5.74, 6) is 0. The van der Waals surface area contributed by atoms with Gasteiger partial charge in [0.2, 0.25) is 0 Å². The zero-order valence-electron chi connectivity index (χ0n) is 12.8. The van der Waals surface area contributed by atoms with Crippen molar-refractivity contribution < 1.29 is 5.11 Å². The van der Waals surface area contributed by atoms with E-state index in [0.29, 0.717) is 10.3 Å². The average Bonchev–Trinajstić information content (AvgIpc) is 2.47. The van der Waals surface area contributed by atoms with Crippen LogP contribution in [0.3, 0.4) is 0 Å². The number of halogens is 1. The number of aliphatic hydroxyl groups is 1. The van der Waals surface area contributed by atoms with Crippen molar-refractivity contribution in [1.82, 2.24) is 10.2 Å². The quantitative estimate of drug-likeness (QED) is 0.786. The number of aliphatic hydroxyl groups excluding tert-OH is 1. The summed E-state index contributed by atoms with van der Waals surface area (Å²) in [7, 11) is 0. The number of piperazine rings is 1. The minimum Gasteiger partial charge on any atom is -0.388 e. The molecule has 0 radical (unpaired) electrons. The lowest BCUT2D eigenvalue weighted by Crippen LogP contribution is -2.44. The number of thioether (sulfide) groups is 1. The molecule has 1 saturated heterocycles. The maximum absolute atomic E-state index is 10.6. The van der Waals surface area contributed by atoms with Gasteiger partial charge in [0.15, 0.2) is 0 Å². The highest BCUT2D eigenvalue weighted by Gasteiger charge is 2.17. The first-order valence-electron chi connectivity index (χ1n) is 7.63. The van der Waals surface area contributed by atoms with Crippen LogP contribution < -0.4 is 5.32 Å². The van der Waals surface area contributed by atoms with E-state index in [4.69, 9.17) is 11.6 Å². The molecule has 21 heavy (non-hydrogen) atoms. The molecule has 2 rings (SSSR count).